The monoisotopic (exact) mass is 319 g/mol. The third kappa shape index (κ3) is 2.28. The van der Waals surface area contributed by atoms with E-state index in [0.29, 0.717) is 22.6 Å². The van der Waals surface area contributed by atoms with Crippen LogP contribution in [0.4, 0.5) is 0 Å². The predicted molar refractivity (Wildman–Crippen MR) is 98.3 cm³/mol. The van der Waals surface area contributed by atoms with Crippen molar-refractivity contribution in [1.29, 1.82) is 0 Å². The highest BCUT2D eigenvalue weighted by molar-refractivity contribution is 6.08. The minimum absolute atomic E-state index is 0.0798. The number of pyridine rings is 2. The maximum absolute atomic E-state index is 7.91. The van der Waals surface area contributed by atoms with Crippen LogP contribution >= 0.6 is 0 Å². The van der Waals surface area contributed by atoms with Crippen LogP contribution < -0.4 is 0 Å². The summed E-state index contributed by atoms with van der Waals surface area (Å²) in [5.74, 6) is 0.0798. The van der Waals surface area contributed by atoms with Crippen molar-refractivity contribution in [3.63, 3.8) is 0 Å². The summed E-state index contributed by atoms with van der Waals surface area (Å²) in [6, 6.07) is 11.4. The fraction of sp³-hybridized carbons (Fsp3) is 0.238. The van der Waals surface area contributed by atoms with E-state index in [9.17, 15) is 0 Å². The van der Waals surface area contributed by atoms with E-state index in [1.54, 1.807) is 12.3 Å². The van der Waals surface area contributed by atoms with Crippen molar-refractivity contribution < 1.29 is 8.53 Å². The molecule has 0 N–H and O–H groups in total. The molecule has 3 heterocycles. The average Bonchev–Trinajstić information content (AvgIpc) is 2.97. The molecule has 1 aromatic carbocycles. The van der Waals surface area contributed by atoms with E-state index in [4.69, 9.17) is 8.53 Å². The maximum Gasteiger partial charge on any atom is 0.227 e. The SMILES string of the molecule is [2H]C([2H])([2H])c1cc(-c2cccc3c2oc2nc(C)ccc23)ncc1C(C)C. The molecular weight excluding hydrogens is 296 g/mol. The second kappa shape index (κ2) is 5.45. The first-order valence-corrected chi connectivity index (χ1v) is 8.05. The molecule has 0 aliphatic heterocycles. The molecule has 3 aromatic heterocycles. The average molecular weight is 319 g/mol. The summed E-state index contributed by atoms with van der Waals surface area (Å²) in [5.41, 5.74) is 4.57. The van der Waals surface area contributed by atoms with Gasteiger partial charge in [-0.15, -0.1) is 0 Å². The summed E-state index contributed by atoms with van der Waals surface area (Å²) in [7, 11) is 0. The number of hydrogen-bond acceptors (Lipinski definition) is 3. The number of aromatic nitrogens is 2. The Morgan fingerprint density at radius 3 is 2.79 bits per heavy atom. The van der Waals surface area contributed by atoms with E-state index in [2.05, 4.69) is 9.97 Å². The van der Waals surface area contributed by atoms with Crippen molar-refractivity contribution in [3.05, 3.63) is 59.4 Å². The Morgan fingerprint density at radius 1 is 1.12 bits per heavy atom. The van der Waals surface area contributed by atoms with Crippen LogP contribution in [-0.4, -0.2) is 9.97 Å². The number of aryl methyl sites for hydroxylation is 2. The molecule has 0 spiro atoms. The Bertz CT molecular complexity index is 1160. The Labute approximate surface area is 145 Å². The third-order valence-corrected chi connectivity index (χ3v) is 4.34. The van der Waals surface area contributed by atoms with E-state index < -0.39 is 6.85 Å². The van der Waals surface area contributed by atoms with E-state index in [0.717, 1.165) is 27.6 Å². The lowest BCUT2D eigenvalue weighted by Gasteiger charge is -2.11. The zero-order valence-corrected chi connectivity index (χ0v) is 13.9. The fourth-order valence-corrected chi connectivity index (χ4v) is 3.05. The van der Waals surface area contributed by atoms with Crippen molar-refractivity contribution in [3.8, 4) is 11.3 Å². The van der Waals surface area contributed by atoms with E-state index in [-0.39, 0.29) is 5.92 Å². The molecule has 3 nitrogen and oxygen atoms in total. The molecule has 4 aromatic rings. The predicted octanol–water partition coefficient (Wildman–Crippen LogP) is 5.78. The molecule has 0 unspecified atom stereocenters. The Morgan fingerprint density at radius 2 is 2.00 bits per heavy atom. The molecule has 0 saturated carbocycles. The maximum atomic E-state index is 7.91. The van der Waals surface area contributed by atoms with Crippen LogP contribution in [0.1, 0.15) is 40.7 Å². The summed E-state index contributed by atoms with van der Waals surface area (Å²) >= 11 is 0. The molecule has 0 radical (unpaired) electrons. The van der Waals surface area contributed by atoms with Gasteiger partial charge in [0.15, 0.2) is 0 Å². The second-order valence-corrected chi connectivity index (χ2v) is 6.40. The van der Waals surface area contributed by atoms with Crippen LogP contribution in [0, 0.1) is 13.8 Å². The number of furan rings is 1. The molecule has 0 saturated heterocycles. The van der Waals surface area contributed by atoms with Crippen molar-refractivity contribution in [2.24, 2.45) is 0 Å². The Hall–Kier alpha value is -2.68. The summed E-state index contributed by atoms with van der Waals surface area (Å²) in [5, 5.41) is 1.88. The second-order valence-electron chi connectivity index (χ2n) is 6.40. The van der Waals surface area contributed by atoms with Crippen molar-refractivity contribution in [2.75, 3.05) is 0 Å². The van der Waals surface area contributed by atoms with Crippen molar-refractivity contribution in [1.82, 2.24) is 9.97 Å². The lowest BCUT2D eigenvalue weighted by Crippen LogP contribution is -1.95. The van der Waals surface area contributed by atoms with Gasteiger partial charge in [0.2, 0.25) is 5.71 Å². The van der Waals surface area contributed by atoms with Crippen LogP contribution in [0.3, 0.4) is 0 Å². The Kier molecular flexibility index (Phi) is 2.68. The number of hydrogen-bond donors (Lipinski definition) is 0. The third-order valence-electron chi connectivity index (χ3n) is 4.34. The molecule has 0 amide bonds. The summed E-state index contributed by atoms with van der Waals surface area (Å²) in [6.07, 6.45) is 1.67. The van der Waals surface area contributed by atoms with E-state index >= 15 is 0 Å². The molecular formula is C21H20N2O. The van der Waals surface area contributed by atoms with Gasteiger partial charge in [-0.05, 0) is 55.1 Å². The Balaban J connectivity index is 1.98. The van der Waals surface area contributed by atoms with Gasteiger partial charge in [-0.3, -0.25) is 4.98 Å². The topological polar surface area (TPSA) is 38.9 Å². The first kappa shape index (κ1) is 11.8. The molecule has 0 fully saturated rings. The summed E-state index contributed by atoms with van der Waals surface area (Å²) in [4.78, 5) is 9.02. The highest BCUT2D eigenvalue weighted by atomic mass is 16.3. The van der Waals surface area contributed by atoms with Crippen molar-refractivity contribution in [2.45, 2.75) is 33.5 Å². The van der Waals surface area contributed by atoms with Crippen LogP contribution in [0.5, 0.6) is 0 Å². The zero-order valence-electron chi connectivity index (χ0n) is 16.9. The fourth-order valence-electron chi connectivity index (χ4n) is 3.05. The molecule has 120 valence electrons. The molecule has 0 aliphatic rings. The number of rotatable bonds is 2. The lowest BCUT2D eigenvalue weighted by molar-refractivity contribution is 0.653. The molecule has 0 atom stereocenters. The van der Waals surface area contributed by atoms with Crippen LogP contribution in [0.2, 0.25) is 0 Å². The van der Waals surface area contributed by atoms with E-state index in [1.165, 1.54) is 0 Å². The number of nitrogens with zero attached hydrogens (tertiary/aromatic N) is 2. The standard InChI is InChI=1S/C21H20N2O/c1-12(2)18-11-22-19(10-13(18)3)17-7-5-6-15-16-9-8-14(4)23-21(16)24-20(15)17/h5-12H,1-4H3/i3D3. The molecule has 0 bridgehead atoms. The number of fused-ring (bicyclic) bond motifs is 3. The van der Waals surface area contributed by atoms with Crippen LogP contribution in [0.25, 0.3) is 33.3 Å². The molecule has 3 heteroatoms. The van der Waals surface area contributed by atoms with Gasteiger partial charge in [-0.25, -0.2) is 4.98 Å². The molecule has 0 aliphatic carbocycles. The van der Waals surface area contributed by atoms with Gasteiger partial charge in [-0.1, -0.05) is 26.0 Å². The van der Waals surface area contributed by atoms with Gasteiger partial charge in [0, 0.05) is 32.3 Å². The van der Waals surface area contributed by atoms with Crippen LogP contribution in [-0.2, 0) is 0 Å². The summed E-state index contributed by atoms with van der Waals surface area (Å²) < 4.78 is 29.8. The largest absolute Gasteiger partial charge is 0.437 e. The minimum atomic E-state index is -2.20. The van der Waals surface area contributed by atoms with Crippen LogP contribution in [0.15, 0.2) is 47.0 Å². The number of para-hydroxylation sites is 1. The molecule has 4 rings (SSSR count). The van der Waals surface area contributed by atoms with Gasteiger partial charge in [0.05, 0.1) is 5.69 Å². The molecule has 24 heavy (non-hydrogen) atoms. The van der Waals surface area contributed by atoms with Gasteiger partial charge < -0.3 is 4.42 Å². The van der Waals surface area contributed by atoms with Crippen molar-refractivity contribution >= 4 is 22.1 Å². The zero-order chi connectivity index (χ0) is 19.3. The van der Waals surface area contributed by atoms with Gasteiger partial charge in [0.1, 0.15) is 5.58 Å². The van der Waals surface area contributed by atoms with Gasteiger partial charge in [-0.2, -0.15) is 0 Å². The van der Waals surface area contributed by atoms with E-state index in [1.807, 2.05) is 51.1 Å². The smallest absolute Gasteiger partial charge is 0.227 e. The normalized spacial score (nSPS) is 14.1. The van der Waals surface area contributed by atoms with Gasteiger partial charge >= 0.3 is 0 Å². The summed E-state index contributed by atoms with van der Waals surface area (Å²) in [6.45, 7) is 3.67. The minimum Gasteiger partial charge on any atom is -0.437 e. The lowest BCUT2D eigenvalue weighted by atomic mass is 9.98. The quantitative estimate of drug-likeness (QED) is 0.470. The highest BCUT2D eigenvalue weighted by Gasteiger charge is 2.15. The van der Waals surface area contributed by atoms with Gasteiger partial charge in [0.25, 0.3) is 0 Å². The number of benzene rings is 1. The first-order chi connectivity index (χ1) is 12.8. The highest BCUT2D eigenvalue weighted by Crippen LogP contribution is 2.35. The first-order valence-electron chi connectivity index (χ1n) is 9.55.